The standard InChI is InChI=1S/C6H12N2.C5H10.C4H8.C3H6.C2H6/c1-3-5-8(2)6-4-7;1-4-5(2)3;1-3-4-2;1-3-2;1-2/h3-4,7H,1,5-6H2,2H3;4-5H,1H2,2-3H3;3-4H,1-2H3;3H,1H2,2H3;1-2H3/b;;4-3-;;. The van der Waals surface area contributed by atoms with Crippen molar-refractivity contribution in [2.45, 2.75) is 48.5 Å². The molecule has 2 heteroatoms. The lowest BCUT2D eigenvalue weighted by atomic mass is 10.2. The highest BCUT2D eigenvalue weighted by molar-refractivity contribution is 5.55. The van der Waals surface area contributed by atoms with Crippen LogP contribution in [0.25, 0.3) is 0 Å². The molecule has 0 unspecified atom stereocenters. The fourth-order valence-electron chi connectivity index (χ4n) is 0.451. The van der Waals surface area contributed by atoms with E-state index in [1.807, 2.05) is 70.9 Å². The Morgan fingerprint density at radius 1 is 0.955 bits per heavy atom. The summed E-state index contributed by atoms with van der Waals surface area (Å²) in [5.74, 6) is 0.648. The molecule has 0 atom stereocenters. The van der Waals surface area contributed by atoms with Gasteiger partial charge < -0.3 is 5.41 Å². The van der Waals surface area contributed by atoms with Crippen LogP contribution >= 0.6 is 0 Å². The maximum absolute atomic E-state index is 6.71. The molecule has 0 aromatic carbocycles. The fourth-order valence-corrected chi connectivity index (χ4v) is 0.451. The summed E-state index contributed by atoms with van der Waals surface area (Å²) in [7, 11) is 1.95. The smallest absolute Gasteiger partial charge is 0.0330 e. The predicted octanol–water partition coefficient (Wildman–Crippen LogP) is 6.38. The lowest BCUT2D eigenvalue weighted by molar-refractivity contribution is 0.427. The van der Waals surface area contributed by atoms with Gasteiger partial charge in [0.2, 0.25) is 0 Å². The van der Waals surface area contributed by atoms with Crippen LogP contribution < -0.4 is 0 Å². The third-order valence-electron chi connectivity index (χ3n) is 1.65. The summed E-state index contributed by atoms with van der Waals surface area (Å²) in [6.45, 7) is 26.2. The van der Waals surface area contributed by atoms with E-state index in [1.54, 1.807) is 6.08 Å². The molecular formula is C20H42N2. The van der Waals surface area contributed by atoms with Gasteiger partial charge in [-0.2, -0.15) is 0 Å². The lowest BCUT2D eigenvalue weighted by Gasteiger charge is -2.08. The van der Waals surface area contributed by atoms with Gasteiger partial charge in [0.05, 0.1) is 0 Å². The van der Waals surface area contributed by atoms with Crippen LogP contribution in [0.15, 0.2) is 50.1 Å². The Morgan fingerprint density at radius 3 is 1.41 bits per heavy atom. The Bertz CT molecular complexity index is 214. The average molecular weight is 311 g/mol. The second kappa shape index (κ2) is 42.7. The Morgan fingerprint density at radius 2 is 1.27 bits per heavy atom. The highest BCUT2D eigenvalue weighted by atomic mass is 15.1. The first-order chi connectivity index (χ1) is 10.4. The zero-order valence-corrected chi connectivity index (χ0v) is 16.5. The molecule has 0 amide bonds. The summed E-state index contributed by atoms with van der Waals surface area (Å²) in [6, 6.07) is 0. The van der Waals surface area contributed by atoms with Gasteiger partial charge in [0, 0.05) is 19.3 Å². The lowest BCUT2D eigenvalue weighted by Crippen LogP contribution is -2.19. The van der Waals surface area contributed by atoms with Gasteiger partial charge >= 0.3 is 0 Å². The van der Waals surface area contributed by atoms with Crippen LogP contribution in [0.5, 0.6) is 0 Å². The van der Waals surface area contributed by atoms with Gasteiger partial charge in [0.25, 0.3) is 0 Å². The van der Waals surface area contributed by atoms with E-state index in [1.165, 1.54) is 6.21 Å². The van der Waals surface area contributed by atoms with Crippen LogP contribution in [0.1, 0.15) is 48.5 Å². The number of likely N-dealkylation sites (N-methyl/N-ethyl adjacent to an activating group) is 1. The van der Waals surface area contributed by atoms with Gasteiger partial charge in [-0.25, -0.2) is 0 Å². The van der Waals surface area contributed by atoms with E-state index in [4.69, 9.17) is 5.41 Å². The van der Waals surface area contributed by atoms with E-state index in [-0.39, 0.29) is 0 Å². The third-order valence-corrected chi connectivity index (χ3v) is 1.65. The van der Waals surface area contributed by atoms with E-state index in [0.717, 1.165) is 6.54 Å². The molecular weight excluding hydrogens is 268 g/mol. The summed E-state index contributed by atoms with van der Waals surface area (Å²) in [5, 5.41) is 6.71. The van der Waals surface area contributed by atoms with Crippen LogP contribution in [0.2, 0.25) is 0 Å². The van der Waals surface area contributed by atoms with Gasteiger partial charge in [-0.3, -0.25) is 4.90 Å². The minimum absolute atomic E-state index is 0.648. The molecule has 0 bridgehead atoms. The number of allylic oxidation sites excluding steroid dienone is 4. The number of nitrogens with zero attached hydrogens (tertiary/aromatic N) is 1. The highest BCUT2D eigenvalue weighted by Gasteiger charge is 1.86. The third kappa shape index (κ3) is 99.8. The molecule has 22 heavy (non-hydrogen) atoms. The van der Waals surface area contributed by atoms with E-state index in [9.17, 15) is 0 Å². The largest absolute Gasteiger partial charge is 0.312 e. The molecule has 0 aliphatic carbocycles. The number of rotatable bonds is 5. The number of nitrogens with one attached hydrogen (secondary N) is 1. The van der Waals surface area contributed by atoms with E-state index in [0.29, 0.717) is 12.5 Å². The molecule has 0 rings (SSSR count). The van der Waals surface area contributed by atoms with E-state index < -0.39 is 0 Å². The first kappa shape index (κ1) is 32.5. The molecule has 0 aromatic rings. The summed E-state index contributed by atoms with van der Waals surface area (Å²) in [5.41, 5.74) is 0. The van der Waals surface area contributed by atoms with Crippen molar-refractivity contribution in [2.24, 2.45) is 5.92 Å². The molecule has 0 saturated heterocycles. The van der Waals surface area contributed by atoms with Crippen LogP contribution in [0.4, 0.5) is 0 Å². The number of hydrogen-bond donors (Lipinski definition) is 1. The molecule has 0 aliphatic heterocycles. The second-order valence-corrected chi connectivity index (χ2v) is 4.27. The molecule has 1 N–H and O–H groups in total. The zero-order valence-electron chi connectivity index (χ0n) is 16.5. The minimum Gasteiger partial charge on any atom is -0.312 e. The molecule has 132 valence electrons. The van der Waals surface area contributed by atoms with Crippen LogP contribution in [-0.4, -0.2) is 31.3 Å². The summed E-state index contributed by atoms with van der Waals surface area (Å²) in [4.78, 5) is 2.00. The van der Waals surface area contributed by atoms with Gasteiger partial charge in [-0.05, 0) is 33.7 Å². The Hall–Kier alpha value is -1.41. The monoisotopic (exact) mass is 310 g/mol. The topological polar surface area (TPSA) is 27.1 Å². The SMILES string of the molecule is C/C=C\C.C=CC.C=CC(C)C.C=CCN(C)CC=N.CC. The first-order valence-electron chi connectivity index (χ1n) is 7.96. The van der Waals surface area contributed by atoms with Crippen molar-refractivity contribution in [3.63, 3.8) is 0 Å². The molecule has 0 aromatic heterocycles. The Kier molecular flexibility index (Phi) is 63.1. The second-order valence-electron chi connectivity index (χ2n) is 4.27. The molecule has 0 fully saturated rings. The van der Waals surface area contributed by atoms with Crippen molar-refractivity contribution in [1.82, 2.24) is 4.90 Å². The van der Waals surface area contributed by atoms with Crippen molar-refractivity contribution in [3.8, 4) is 0 Å². The molecule has 0 heterocycles. The van der Waals surface area contributed by atoms with Crippen molar-refractivity contribution < 1.29 is 0 Å². The quantitative estimate of drug-likeness (QED) is 0.462. The van der Waals surface area contributed by atoms with Crippen molar-refractivity contribution in [3.05, 3.63) is 50.1 Å². The van der Waals surface area contributed by atoms with E-state index in [2.05, 4.69) is 33.6 Å². The van der Waals surface area contributed by atoms with Crippen LogP contribution in [-0.2, 0) is 0 Å². The minimum atomic E-state index is 0.648. The molecule has 2 nitrogen and oxygen atoms in total. The Balaban J connectivity index is -0.0000000599. The van der Waals surface area contributed by atoms with Gasteiger partial charge in [0.15, 0.2) is 0 Å². The average Bonchev–Trinajstić information content (AvgIpc) is 2.51. The maximum Gasteiger partial charge on any atom is 0.0330 e. The molecule has 0 saturated carbocycles. The molecule has 0 aliphatic rings. The van der Waals surface area contributed by atoms with Gasteiger partial charge in [-0.1, -0.05) is 58.1 Å². The number of hydrogen-bond acceptors (Lipinski definition) is 2. The van der Waals surface area contributed by atoms with Gasteiger partial charge in [-0.15, -0.1) is 19.7 Å². The Labute approximate surface area is 141 Å². The van der Waals surface area contributed by atoms with Crippen molar-refractivity contribution in [2.75, 3.05) is 20.1 Å². The van der Waals surface area contributed by atoms with Crippen LogP contribution in [0.3, 0.4) is 0 Å². The zero-order chi connectivity index (χ0) is 18.8. The molecule has 0 spiro atoms. The predicted molar refractivity (Wildman–Crippen MR) is 109 cm³/mol. The summed E-state index contributed by atoms with van der Waals surface area (Å²) in [6.07, 6.45) is 10.9. The van der Waals surface area contributed by atoms with E-state index >= 15 is 0 Å². The van der Waals surface area contributed by atoms with Crippen LogP contribution in [0, 0.1) is 11.3 Å². The van der Waals surface area contributed by atoms with Gasteiger partial charge in [0.1, 0.15) is 0 Å². The normalized spacial score (nSPS) is 7.91. The maximum atomic E-state index is 6.71. The summed E-state index contributed by atoms with van der Waals surface area (Å²) >= 11 is 0. The van der Waals surface area contributed by atoms with Crippen molar-refractivity contribution >= 4 is 6.21 Å². The van der Waals surface area contributed by atoms with Crippen molar-refractivity contribution in [1.29, 1.82) is 5.41 Å². The highest BCUT2D eigenvalue weighted by Crippen LogP contribution is 1.87. The summed E-state index contributed by atoms with van der Waals surface area (Å²) < 4.78 is 0. The molecule has 0 radical (unpaired) electrons. The fraction of sp³-hybridized carbons (Fsp3) is 0.550. The first-order valence-corrected chi connectivity index (χ1v) is 7.96.